The molecular weight excluding hydrogens is 436 g/mol. The second kappa shape index (κ2) is 10.2. The van der Waals surface area contributed by atoms with Crippen molar-refractivity contribution in [3.63, 3.8) is 0 Å². The van der Waals surface area contributed by atoms with Gasteiger partial charge in [-0.15, -0.1) is 0 Å². The minimum Gasteiger partial charge on any atom is -0.388 e. The first-order valence-corrected chi connectivity index (χ1v) is 11.4. The Morgan fingerprint density at radius 3 is 2.42 bits per heavy atom. The van der Waals surface area contributed by atoms with Crippen LogP contribution in [0.15, 0.2) is 42.5 Å². The minimum absolute atomic E-state index is 0.201. The minimum atomic E-state index is -0.873. The third-order valence-corrected chi connectivity index (χ3v) is 6.52. The molecule has 6 nitrogen and oxygen atoms in total. The van der Waals surface area contributed by atoms with Crippen molar-refractivity contribution in [1.82, 2.24) is 15.1 Å². The number of carbonyl (C=O) groups is 1. The lowest BCUT2D eigenvalue weighted by molar-refractivity contribution is 0.0314. The molecule has 0 aliphatic heterocycles. The van der Waals surface area contributed by atoms with E-state index in [9.17, 15) is 9.90 Å². The number of rotatable bonds is 8. The molecule has 1 heterocycles. The molecule has 0 fully saturated rings. The maximum Gasteiger partial charge on any atom is 0.251 e. The molecule has 0 aliphatic rings. The molecule has 33 heavy (non-hydrogen) atoms. The molecule has 0 atom stereocenters. The summed E-state index contributed by atoms with van der Waals surface area (Å²) in [5, 5.41) is 27.4. The van der Waals surface area contributed by atoms with Crippen LogP contribution in [0.1, 0.15) is 59.6 Å². The Morgan fingerprint density at radius 2 is 1.85 bits per heavy atom. The summed E-state index contributed by atoms with van der Waals surface area (Å²) in [6.07, 6.45) is 1.17. The Bertz CT molecular complexity index is 1190. The molecule has 1 aromatic heterocycles. The molecule has 0 saturated carbocycles. The topological polar surface area (TPSA) is 90.9 Å². The summed E-state index contributed by atoms with van der Waals surface area (Å²) < 4.78 is 1.93. The van der Waals surface area contributed by atoms with Crippen molar-refractivity contribution in [2.75, 3.05) is 6.54 Å². The predicted octanol–water partition coefficient (Wildman–Crippen LogP) is 5.02. The number of aromatic nitrogens is 2. The van der Waals surface area contributed by atoms with E-state index in [2.05, 4.69) is 16.5 Å². The Balaban J connectivity index is 1.74. The van der Waals surface area contributed by atoms with Crippen LogP contribution in [-0.2, 0) is 6.54 Å². The lowest BCUT2D eigenvalue weighted by Gasteiger charge is -2.25. The van der Waals surface area contributed by atoms with Crippen LogP contribution in [0, 0.1) is 25.2 Å². The standard InChI is InChI=1S/C26H29ClN4O2/c1-5-26(33,6-2)16-29-25(32)20-9-7-19(8-10-20)15-31-18(4)24(17(3)30-31)21-11-12-22(14-28)23(27)13-21/h7-13,33H,5-6,15-16H2,1-4H3,(H,29,32). The molecule has 0 radical (unpaired) electrons. The molecule has 172 valence electrons. The van der Waals surface area contributed by atoms with E-state index >= 15 is 0 Å². The summed E-state index contributed by atoms with van der Waals surface area (Å²) in [4.78, 5) is 12.5. The van der Waals surface area contributed by atoms with Crippen LogP contribution >= 0.6 is 11.6 Å². The summed E-state index contributed by atoms with van der Waals surface area (Å²) in [6.45, 7) is 8.56. The number of benzene rings is 2. The fourth-order valence-corrected chi connectivity index (χ4v) is 4.03. The van der Waals surface area contributed by atoms with Crippen LogP contribution in [0.3, 0.4) is 0 Å². The van der Waals surface area contributed by atoms with E-state index in [1.807, 2.05) is 50.6 Å². The maximum absolute atomic E-state index is 12.5. The van der Waals surface area contributed by atoms with Crippen molar-refractivity contribution < 1.29 is 9.90 Å². The smallest absolute Gasteiger partial charge is 0.251 e. The van der Waals surface area contributed by atoms with Crippen molar-refractivity contribution in [3.05, 3.63) is 75.6 Å². The van der Waals surface area contributed by atoms with Gasteiger partial charge >= 0.3 is 0 Å². The van der Waals surface area contributed by atoms with Crippen LogP contribution in [0.4, 0.5) is 0 Å². The molecule has 0 saturated heterocycles. The van der Waals surface area contributed by atoms with E-state index in [1.54, 1.807) is 24.3 Å². The monoisotopic (exact) mass is 464 g/mol. The first-order chi connectivity index (χ1) is 15.7. The van der Waals surface area contributed by atoms with Crippen molar-refractivity contribution in [2.45, 2.75) is 52.7 Å². The van der Waals surface area contributed by atoms with Crippen LogP contribution in [0.2, 0.25) is 5.02 Å². The summed E-state index contributed by atoms with van der Waals surface area (Å²) in [6, 6.07) is 14.9. The lowest BCUT2D eigenvalue weighted by Crippen LogP contribution is -2.42. The second-order valence-electron chi connectivity index (χ2n) is 8.32. The van der Waals surface area contributed by atoms with Gasteiger partial charge in [0.25, 0.3) is 5.91 Å². The Kier molecular flexibility index (Phi) is 7.57. The van der Waals surface area contributed by atoms with Crippen LogP contribution in [0.25, 0.3) is 11.1 Å². The normalized spacial score (nSPS) is 11.3. The number of nitrogens with zero attached hydrogens (tertiary/aromatic N) is 3. The zero-order valence-electron chi connectivity index (χ0n) is 19.4. The number of hydrogen-bond donors (Lipinski definition) is 2. The summed E-state index contributed by atoms with van der Waals surface area (Å²) in [5.74, 6) is -0.201. The average Bonchev–Trinajstić information content (AvgIpc) is 3.10. The zero-order valence-corrected chi connectivity index (χ0v) is 20.2. The van der Waals surface area contributed by atoms with Gasteiger partial charge in [-0.2, -0.15) is 10.4 Å². The highest BCUT2D eigenvalue weighted by molar-refractivity contribution is 6.32. The number of carbonyl (C=O) groups excluding carboxylic acids is 1. The predicted molar refractivity (Wildman–Crippen MR) is 130 cm³/mol. The quantitative estimate of drug-likeness (QED) is 0.489. The molecule has 3 aromatic rings. The number of hydrogen-bond acceptors (Lipinski definition) is 4. The van der Waals surface area contributed by atoms with Crippen molar-refractivity contribution in [3.8, 4) is 17.2 Å². The van der Waals surface area contributed by atoms with E-state index in [-0.39, 0.29) is 12.5 Å². The van der Waals surface area contributed by atoms with Crippen molar-refractivity contribution in [2.24, 2.45) is 0 Å². The molecule has 0 unspecified atom stereocenters. The molecular formula is C26H29ClN4O2. The molecule has 7 heteroatoms. The first kappa shape index (κ1) is 24.5. The molecule has 0 aliphatic carbocycles. The Hall–Kier alpha value is -3.14. The molecule has 0 spiro atoms. The van der Waals surface area contributed by atoms with E-state index in [4.69, 9.17) is 16.9 Å². The fraction of sp³-hybridized carbons (Fsp3) is 0.346. The molecule has 1 amide bonds. The first-order valence-electron chi connectivity index (χ1n) is 11.0. The van der Waals surface area contributed by atoms with E-state index < -0.39 is 5.60 Å². The van der Waals surface area contributed by atoms with Gasteiger partial charge in [-0.25, -0.2) is 0 Å². The number of amides is 1. The molecule has 2 aromatic carbocycles. The number of halogens is 1. The van der Waals surface area contributed by atoms with E-state index in [0.717, 1.165) is 28.1 Å². The largest absolute Gasteiger partial charge is 0.388 e. The Morgan fingerprint density at radius 1 is 1.18 bits per heavy atom. The Labute approximate surface area is 199 Å². The summed E-state index contributed by atoms with van der Waals surface area (Å²) in [5.41, 5.74) is 4.93. The van der Waals surface area contributed by atoms with Gasteiger partial charge in [0.1, 0.15) is 6.07 Å². The van der Waals surface area contributed by atoms with E-state index in [1.165, 1.54) is 0 Å². The molecule has 3 rings (SSSR count). The van der Waals surface area contributed by atoms with Crippen molar-refractivity contribution in [1.29, 1.82) is 5.26 Å². The van der Waals surface area contributed by atoms with Gasteiger partial charge in [-0.3, -0.25) is 9.48 Å². The average molecular weight is 465 g/mol. The van der Waals surface area contributed by atoms with Gasteiger partial charge in [-0.05, 0) is 62.1 Å². The van der Waals surface area contributed by atoms with Gasteiger partial charge in [0.15, 0.2) is 0 Å². The van der Waals surface area contributed by atoms with Gasteiger partial charge in [0, 0.05) is 23.4 Å². The van der Waals surface area contributed by atoms with Gasteiger partial charge in [0.05, 0.1) is 28.4 Å². The number of aliphatic hydroxyl groups is 1. The molecule has 2 N–H and O–H groups in total. The summed E-state index contributed by atoms with van der Waals surface area (Å²) in [7, 11) is 0. The molecule has 0 bridgehead atoms. The fourth-order valence-electron chi connectivity index (χ4n) is 3.81. The van der Waals surface area contributed by atoms with Gasteiger partial charge in [0.2, 0.25) is 0 Å². The highest BCUT2D eigenvalue weighted by Gasteiger charge is 2.23. The lowest BCUT2D eigenvalue weighted by atomic mass is 9.97. The van der Waals surface area contributed by atoms with Gasteiger partial charge in [-0.1, -0.05) is 43.6 Å². The van der Waals surface area contributed by atoms with E-state index in [0.29, 0.717) is 35.5 Å². The van der Waals surface area contributed by atoms with Gasteiger partial charge < -0.3 is 10.4 Å². The SMILES string of the molecule is CCC(O)(CC)CNC(=O)c1ccc(Cn2nc(C)c(-c3ccc(C#N)c(Cl)c3)c2C)cc1. The third-order valence-electron chi connectivity index (χ3n) is 6.20. The van der Waals surface area contributed by atoms with Crippen molar-refractivity contribution >= 4 is 17.5 Å². The third kappa shape index (κ3) is 5.44. The highest BCUT2D eigenvalue weighted by Crippen LogP contribution is 2.30. The second-order valence-corrected chi connectivity index (χ2v) is 8.73. The maximum atomic E-state index is 12.5. The highest BCUT2D eigenvalue weighted by atomic mass is 35.5. The van der Waals surface area contributed by atoms with Crippen LogP contribution in [-0.4, -0.2) is 32.9 Å². The number of aryl methyl sites for hydroxylation is 1. The number of nitriles is 1. The van der Waals surface area contributed by atoms with Crippen LogP contribution in [0.5, 0.6) is 0 Å². The number of nitrogens with one attached hydrogen (secondary N) is 1. The van der Waals surface area contributed by atoms with Crippen LogP contribution < -0.4 is 5.32 Å². The summed E-state index contributed by atoms with van der Waals surface area (Å²) >= 11 is 6.23. The zero-order chi connectivity index (χ0) is 24.2.